The van der Waals surface area contributed by atoms with Crippen LogP contribution in [0.3, 0.4) is 0 Å². The van der Waals surface area contributed by atoms with Crippen LogP contribution < -0.4 is 85.1 Å². The Morgan fingerprint density at radius 3 is 1.31 bits per heavy atom. The van der Waals surface area contributed by atoms with E-state index in [0.29, 0.717) is 18.4 Å². The number of aliphatic hydroxyl groups is 2. The van der Waals surface area contributed by atoms with Crippen molar-refractivity contribution in [3.8, 4) is 0 Å². The number of amides is 15. The van der Waals surface area contributed by atoms with E-state index in [4.69, 9.17) is 28.4 Å². The minimum absolute atomic E-state index is 0.0881. The molecule has 121 heavy (non-hydrogen) atoms. The van der Waals surface area contributed by atoms with Gasteiger partial charge >= 0.3 is 36.4 Å². The van der Waals surface area contributed by atoms with E-state index in [9.17, 15) is 72.5 Å². The van der Waals surface area contributed by atoms with Crippen molar-refractivity contribution in [2.45, 2.75) is 329 Å². The Labute approximate surface area is 709 Å². The molecule has 1 aromatic carbocycles. The first-order chi connectivity index (χ1) is 56.0. The van der Waals surface area contributed by atoms with Gasteiger partial charge in [-0.05, 0) is 187 Å². The fourth-order valence-corrected chi connectivity index (χ4v) is 11.5. The number of hydrogen-bond acceptors (Lipinski definition) is 25. The van der Waals surface area contributed by atoms with Gasteiger partial charge in [-0.1, -0.05) is 57.5 Å². The maximum absolute atomic E-state index is 15.3. The third kappa shape index (κ3) is 47.4. The number of ether oxygens (including phenoxy) is 6. The second-order valence-corrected chi connectivity index (χ2v) is 35.1. The third-order valence-corrected chi connectivity index (χ3v) is 17.1. The maximum Gasteiger partial charge on any atom is 0.407 e. The molecule has 40 heteroatoms. The quantitative estimate of drug-likeness (QED) is 0.0346. The van der Waals surface area contributed by atoms with E-state index in [-0.39, 0.29) is 70.6 Å². The highest BCUT2D eigenvalue weighted by molar-refractivity contribution is 5.98. The summed E-state index contributed by atoms with van der Waals surface area (Å²) in [6.07, 6.45) is -10.6. The zero-order valence-electron chi connectivity index (χ0n) is 74.3. The Kier molecular flexibility index (Phi) is 45.3. The molecule has 2 rings (SSSR count). The van der Waals surface area contributed by atoms with E-state index >= 15 is 14.4 Å². The van der Waals surface area contributed by atoms with E-state index in [0.717, 1.165) is 13.8 Å². The summed E-state index contributed by atoms with van der Waals surface area (Å²) in [5, 5.41) is 64.4. The first kappa shape index (κ1) is 107. The van der Waals surface area contributed by atoms with Gasteiger partial charge in [0.2, 0.25) is 59.1 Å². The largest absolute Gasteiger partial charge is 0.463 e. The molecule has 1 fully saturated rings. The normalized spacial score (nSPS) is 19.9. The highest BCUT2D eigenvalue weighted by atomic mass is 16.6. The van der Waals surface area contributed by atoms with Crippen molar-refractivity contribution in [3.63, 3.8) is 0 Å². The lowest BCUT2D eigenvalue weighted by Gasteiger charge is -2.29. The molecule has 0 radical (unpaired) electrons. The summed E-state index contributed by atoms with van der Waals surface area (Å²) >= 11 is 0. The van der Waals surface area contributed by atoms with E-state index in [1.807, 2.05) is 6.92 Å². The van der Waals surface area contributed by atoms with Crippen LogP contribution in [-0.4, -0.2) is 258 Å². The first-order valence-corrected chi connectivity index (χ1v) is 41.2. The van der Waals surface area contributed by atoms with Crippen LogP contribution in [0, 0.1) is 5.92 Å². The van der Waals surface area contributed by atoms with Gasteiger partial charge in [0.05, 0.1) is 30.8 Å². The molecule has 1 saturated heterocycles. The van der Waals surface area contributed by atoms with Crippen LogP contribution >= 0.6 is 0 Å². The summed E-state index contributed by atoms with van der Waals surface area (Å²) < 4.78 is 32.4. The SMILES string of the molecule is CCCC(C)OC(=O)CCC(=O)N[C@@H](CCNC(=O)OC(C)(C)C)C(=O)N[C@H](C(=O)N[C@@H](CCNC(=O)OC(C)(C)C)C(=O)N[C@H]1CCNC(=O)[C@H](C(C)O)NC(=O)[C@H](CCNC(=O)OC(C)(C)C)NC(=O)[C@H](CCNC(=O)OC(C)(C)C)NC(=O)[C@H](CC(C)C)NC(=O)[C@@H](Cc2ccccc2)NC(=O)[C@H](CCNC(=O)OC(C)(C)C)NC1)C(C)O. The fraction of sp³-hybridized carbons (Fsp3) is 0.728. The Morgan fingerprint density at radius 2 is 0.868 bits per heavy atom. The standard InChI is InChI=1S/C81H138N16O24/c1-22-26-47(4)116-60(101)30-29-59(100)90-53(33-39-84-73(112)118-78(10,11)12)66(105)97-62(49(6)99)71(110)93-54(34-40-85-74(113)119-79(13,14)15)64(103)89-51-31-37-82-70(109)61(48(5)98)96-67(106)56(36-42-87-76(115)121-81(19,20)21)91-65(104)55(35-41-86-75(114)120-80(16,17)18)92-68(107)57(43-46(2)3)94-69(108)58(44-50-27-24-23-25-28-50)95-63(102)52(88-45-51)32-38-83-72(111)117-77(7,8)9/h23-25,27-28,46-49,51-58,61-62,88,98-99H,22,26,29-45H2,1-21H3,(H,82,109)(H,83,111)(H,84,112)(H,85,113)(H,86,114)(H,87,115)(H,89,103)(H,90,100)(H,91,104)(H,92,107)(H,93,110)(H,94,108)(H,95,102)(H,96,106)(H,97,105)/t47?,48?,49?,51-,52-,53-,54-,55-,56-,57-,58+,61-,62-/m0/s1. The average molecular weight is 1720 g/mol. The number of carbonyl (C=O) groups is 16. The molecule has 0 spiro atoms. The predicted molar refractivity (Wildman–Crippen MR) is 444 cm³/mol. The molecule has 686 valence electrons. The number of carbonyl (C=O) groups excluding carboxylic acids is 16. The van der Waals surface area contributed by atoms with Gasteiger partial charge < -0.3 is 124 Å². The van der Waals surface area contributed by atoms with E-state index in [1.165, 1.54) is 0 Å². The van der Waals surface area contributed by atoms with E-state index < -0.39 is 248 Å². The fourth-order valence-electron chi connectivity index (χ4n) is 11.5. The molecule has 18 N–H and O–H groups in total. The van der Waals surface area contributed by atoms with Crippen molar-refractivity contribution in [1.29, 1.82) is 0 Å². The molecule has 1 heterocycles. The predicted octanol–water partition coefficient (Wildman–Crippen LogP) is 1.96. The van der Waals surface area contributed by atoms with Gasteiger partial charge in [0.1, 0.15) is 76.3 Å². The van der Waals surface area contributed by atoms with Gasteiger partial charge in [0.25, 0.3) is 0 Å². The van der Waals surface area contributed by atoms with Gasteiger partial charge in [-0.15, -0.1) is 0 Å². The molecule has 13 atom stereocenters. The Bertz CT molecular complexity index is 3570. The number of benzene rings is 1. The van der Waals surface area contributed by atoms with Crippen molar-refractivity contribution < 1.29 is 115 Å². The van der Waals surface area contributed by atoms with Crippen LogP contribution in [0.2, 0.25) is 0 Å². The lowest BCUT2D eigenvalue weighted by Crippen LogP contribution is -2.61. The Morgan fingerprint density at radius 1 is 0.463 bits per heavy atom. The summed E-state index contributed by atoms with van der Waals surface area (Å²) in [7, 11) is 0. The van der Waals surface area contributed by atoms with Crippen molar-refractivity contribution in [2.75, 3.05) is 45.8 Å². The smallest absolute Gasteiger partial charge is 0.407 e. The molecule has 15 amide bonds. The lowest BCUT2D eigenvalue weighted by atomic mass is 10.00. The van der Waals surface area contributed by atoms with Crippen LogP contribution in [0.25, 0.3) is 0 Å². The molecule has 3 unspecified atom stereocenters. The second kappa shape index (κ2) is 51.4. The minimum atomic E-state index is -1.95. The summed E-state index contributed by atoms with van der Waals surface area (Å²) in [4.78, 5) is 225. The number of alkyl carbamates (subject to hydrolysis) is 5. The molecule has 1 aromatic rings. The third-order valence-electron chi connectivity index (χ3n) is 17.1. The summed E-state index contributed by atoms with van der Waals surface area (Å²) in [6, 6.07) is -7.84. The average Bonchev–Trinajstić information content (AvgIpc) is 1.21. The lowest BCUT2D eigenvalue weighted by molar-refractivity contribution is -0.149. The van der Waals surface area contributed by atoms with Crippen molar-refractivity contribution in [1.82, 2.24) is 85.1 Å². The topological polar surface area (TPSA) is 561 Å². The summed E-state index contributed by atoms with van der Waals surface area (Å²) in [5.41, 5.74) is -4.37. The highest BCUT2D eigenvalue weighted by Crippen LogP contribution is 2.16. The van der Waals surface area contributed by atoms with Crippen molar-refractivity contribution >= 4 is 95.5 Å². The van der Waals surface area contributed by atoms with Gasteiger partial charge in [-0.25, -0.2) is 24.0 Å². The summed E-state index contributed by atoms with van der Waals surface area (Å²) in [5.74, 6) is -11.2. The molecule has 0 aliphatic carbocycles. The molecular weight excluding hydrogens is 1580 g/mol. The van der Waals surface area contributed by atoms with Crippen molar-refractivity contribution in [3.05, 3.63) is 35.9 Å². The molecule has 0 saturated carbocycles. The van der Waals surface area contributed by atoms with E-state index in [2.05, 4.69) is 85.1 Å². The van der Waals surface area contributed by atoms with Crippen LogP contribution in [0.4, 0.5) is 24.0 Å². The zero-order valence-corrected chi connectivity index (χ0v) is 74.3. The van der Waals surface area contributed by atoms with Crippen molar-refractivity contribution in [2.24, 2.45) is 5.92 Å². The highest BCUT2D eigenvalue weighted by Gasteiger charge is 2.39. The number of hydrogen-bond donors (Lipinski definition) is 18. The van der Waals surface area contributed by atoms with Crippen LogP contribution in [-0.2, 0) is 87.6 Å². The molecule has 1 aliphatic rings. The number of rotatable bonds is 34. The van der Waals surface area contributed by atoms with E-state index in [1.54, 1.807) is 155 Å². The molecule has 1 aliphatic heterocycles. The summed E-state index contributed by atoms with van der Waals surface area (Å²) in [6.45, 7) is 30.8. The van der Waals surface area contributed by atoms with Gasteiger partial charge in [0, 0.05) is 64.7 Å². The Hall–Kier alpha value is -10.4. The van der Waals surface area contributed by atoms with Gasteiger partial charge in [-0.3, -0.25) is 52.7 Å². The second-order valence-electron chi connectivity index (χ2n) is 35.1. The van der Waals surface area contributed by atoms with Gasteiger partial charge in [0.15, 0.2) is 0 Å². The number of nitrogens with one attached hydrogen (secondary N) is 16. The molecular formula is C81H138N16O24. The molecule has 0 bridgehead atoms. The molecule has 40 nitrogen and oxygen atoms in total. The molecule has 0 aromatic heterocycles. The monoisotopic (exact) mass is 1720 g/mol. The maximum atomic E-state index is 15.3. The van der Waals surface area contributed by atoms with Crippen LogP contribution in [0.1, 0.15) is 222 Å². The van der Waals surface area contributed by atoms with Crippen LogP contribution in [0.5, 0.6) is 0 Å². The minimum Gasteiger partial charge on any atom is -0.463 e. The Balaban J connectivity index is 3.07. The number of aliphatic hydroxyl groups excluding tert-OH is 2. The number of esters is 1. The first-order valence-electron chi connectivity index (χ1n) is 41.2. The van der Waals surface area contributed by atoms with Crippen LogP contribution in [0.15, 0.2) is 30.3 Å². The van der Waals surface area contributed by atoms with Gasteiger partial charge in [-0.2, -0.15) is 0 Å². The zero-order chi connectivity index (χ0) is 91.9.